The van der Waals surface area contributed by atoms with Crippen molar-refractivity contribution in [3.63, 3.8) is 0 Å². The zero-order valence-electron chi connectivity index (χ0n) is 11.8. The third kappa shape index (κ3) is 1.76. The fraction of sp³-hybridized carbons (Fsp3) is 1.00. The van der Waals surface area contributed by atoms with Crippen molar-refractivity contribution in [1.82, 2.24) is 10.6 Å². The van der Waals surface area contributed by atoms with E-state index in [9.17, 15) is 0 Å². The molecule has 1 saturated carbocycles. The van der Waals surface area contributed by atoms with Gasteiger partial charge in [0.2, 0.25) is 0 Å². The lowest BCUT2D eigenvalue weighted by molar-refractivity contribution is 0.374. The Morgan fingerprint density at radius 2 is 1.76 bits per heavy atom. The lowest BCUT2D eigenvalue weighted by Crippen LogP contribution is -2.33. The normalized spacial score (nSPS) is 42.0. The summed E-state index contributed by atoms with van der Waals surface area (Å²) < 4.78 is 0. The molecule has 3 unspecified atom stereocenters. The maximum atomic E-state index is 3.75. The smallest absolute Gasteiger partial charge is 0.0111 e. The summed E-state index contributed by atoms with van der Waals surface area (Å²) >= 11 is 0. The van der Waals surface area contributed by atoms with Gasteiger partial charge in [0, 0.05) is 12.1 Å². The minimum absolute atomic E-state index is 0.535. The molecule has 98 valence electrons. The first-order valence-electron chi connectivity index (χ1n) is 7.39. The van der Waals surface area contributed by atoms with Crippen LogP contribution in [0.2, 0.25) is 0 Å². The van der Waals surface area contributed by atoms with E-state index in [1.54, 1.807) is 0 Å². The van der Waals surface area contributed by atoms with Crippen molar-refractivity contribution < 1.29 is 0 Å². The van der Waals surface area contributed by atoms with Crippen molar-refractivity contribution in [2.75, 3.05) is 13.1 Å². The molecule has 17 heavy (non-hydrogen) atoms. The first kappa shape index (κ1) is 12.0. The topological polar surface area (TPSA) is 24.1 Å². The van der Waals surface area contributed by atoms with Crippen LogP contribution in [-0.2, 0) is 0 Å². The van der Waals surface area contributed by atoms with Crippen LogP contribution in [0.15, 0.2) is 0 Å². The Morgan fingerprint density at radius 1 is 1.06 bits per heavy atom. The SMILES string of the molecule is CC1(C)C(CNCC2CC3CCC2N3)C1(C)C. The predicted molar refractivity (Wildman–Crippen MR) is 72.0 cm³/mol. The van der Waals surface area contributed by atoms with E-state index in [0.29, 0.717) is 10.8 Å². The number of nitrogens with one attached hydrogen (secondary N) is 2. The molecule has 0 spiro atoms. The molecule has 2 N–H and O–H groups in total. The van der Waals surface area contributed by atoms with Gasteiger partial charge in [-0.25, -0.2) is 0 Å². The van der Waals surface area contributed by atoms with E-state index in [1.165, 1.54) is 32.4 Å². The van der Waals surface area contributed by atoms with Crippen molar-refractivity contribution in [3.05, 3.63) is 0 Å². The molecule has 1 aliphatic carbocycles. The molecule has 0 aromatic heterocycles. The quantitative estimate of drug-likeness (QED) is 0.783. The molecule has 0 amide bonds. The highest BCUT2D eigenvalue weighted by Gasteiger charge is 2.63. The molecule has 3 aliphatic rings. The van der Waals surface area contributed by atoms with Crippen LogP contribution >= 0.6 is 0 Å². The van der Waals surface area contributed by atoms with Crippen LogP contribution in [0.1, 0.15) is 47.0 Å². The van der Waals surface area contributed by atoms with Crippen LogP contribution in [0, 0.1) is 22.7 Å². The summed E-state index contributed by atoms with van der Waals surface area (Å²) in [4.78, 5) is 0. The Hall–Kier alpha value is -0.0800. The fourth-order valence-corrected chi connectivity index (χ4v) is 4.42. The maximum Gasteiger partial charge on any atom is 0.0111 e. The molecular formula is C15H28N2. The average Bonchev–Trinajstić information content (AvgIpc) is 2.75. The number of hydrogen-bond donors (Lipinski definition) is 2. The molecule has 3 rings (SSSR count). The van der Waals surface area contributed by atoms with Crippen molar-refractivity contribution in [2.45, 2.75) is 59.0 Å². The summed E-state index contributed by atoms with van der Waals surface area (Å²) in [6.45, 7) is 12.1. The molecule has 0 aromatic rings. The summed E-state index contributed by atoms with van der Waals surface area (Å²) in [6, 6.07) is 1.67. The summed E-state index contributed by atoms with van der Waals surface area (Å²) in [5, 5.41) is 7.47. The monoisotopic (exact) mass is 236 g/mol. The van der Waals surface area contributed by atoms with E-state index in [4.69, 9.17) is 0 Å². The highest BCUT2D eigenvalue weighted by Crippen LogP contribution is 2.67. The molecule has 3 atom stereocenters. The van der Waals surface area contributed by atoms with Crippen LogP contribution in [0.25, 0.3) is 0 Å². The molecular weight excluding hydrogens is 208 g/mol. The molecule has 3 fully saturated rings. The largest absolute Gasteiger partial charge is 0.316 e. The highest BCUT2D eigenvalue weighted by atomic mass is 15.0. The second-order valence-electron chi connectivity index (χ2n) is 7.70. The Balaban J connectivity index is 1.42. The van der Waals surface area contributed by atoms with Gasteiger partial charge < -0.3 is 10.6 Å². The zero-order valence-corrected chi connectivity index (χ0v) is 11.8. The van der Waals surface area contributed by atoms with Gasteiger partial charge in [-0.1, -0.05) is 27.7 Å². The van der Waals surface area contributed by atoms with E-state index in [-0.39, 0.29) is 0 Å². The first-order chi connectivity index (χ1) is 7.93. The maximum absolute atomic E-state index is 3.75. The van der Waals surface area contributed by atoms with Gasteiger partial charge in [-0.05, 0) is 55.0 Å². The van der Waals surface area contributed by atoms with Crippen LogP contribution < -0.4 is 10.6 Å². The van der Waals surface area contributed by atoms with Crippen LogP contribution in [0.5, 0.6) is 0 Å². The van der Waals surface area contributed by atoms with Crippen molar-refractivity contribution in [3.8, 4) is 0 Å². The number of rotatable bonds is 4. The fourth-order valence-electron chi connectivity index (χ4n) is 4.42. The van der Waals surface area contributed by atoms with E-state index in [1.807, 2.05) is 0 Å². The van der Waals surface area contributed by atoms with Gasteiger partial charge in [-0.2, -0.15) is 0 Å². The molecule has 2 heteroatoms. The third-order valence-corrected chi connectivity index (χ3v) is 6.51. The van der Waals surface area contributed by atoms with Crippen molar-refractivity contribution in [2.24, 2.45) is 22.7 Å². The summed E-state index contributed by atoms with van der Waals surface area (Å²) in [6.07, 6.45) is 4.25. The third-order valence-electron chi connectivity index (χ3n) is 6.51. The Morgan fingerprint density at radius 3 is 2.24 bits per heavy atom. The van der Waals surface area contributed by atoms with Gasteiger partial charge in [-0.3, -0.25) is 0 Å². The van der Waals surface area contributed by atoms with E-state index < -0.39 is 0 Å². The van der Waals surface area contributed by atoms with Crippen molar-refractivity contribution >= 4 is 0 Å². The molecule has 2 saturated heterocycles. The van der Waals surface area contributed by atoms with Gasteiger partial charge in [0.25, 0.3) is 0 Å². The highest BCUT2D eigenvalue weighted by molar-refractivity contribution is 5.13. The van der Waals surface area contributed by atoms with Gasteiger partial charge in [0.15, 0.2) is 0 Å². The molecule has 2 aliphatic heterocycles. The van der Waals surface area contributed by atoms with Gasteiger partial charge in [-0.15, -0.1) is 0 Å². The van der Waals surface area contributed by atoms with Gasteiger partial charge in [0.05, 0.1) is 0 Å². The zero-order chi connectivity index (χ0) is 12.3. The summed E-state index contributed by atoms with van der Waals surface area (Å²) in [7, 11) is 0. The summed E-state index contributed by atoms with van der Waals surface area (Å²) in [5.74, 6) is 1.76. The summed E-state index contributed by atoms with van der Waals surface area (Å²) in [5.41, 5.74) is 1.07. The Kier molecular flexibility index (Phi) is 2.61. The van der Waals surface area contributed by atoms with Gasteiger partial charge in [0.1, 0.15) is 0 Å². The molecule has 0 aromatic carbocycles. The molecule has 2 bridgehead atoms. The van der Waals surface area contributed by atoms with E-state index >= 15 is 0 Å². The molecule has 2 heterocycles. The lowest BCUT2D eigenvalue weighted by Gasteiger charge is -2.20. The van der Waals surface area contributed by atoms with Crippen LogP contribution in [0.3, 0.4) is 0 Å². The van der Waals surface area contributed by atoms with Crippen LogP contribution in [-0.4, -0.2) is 25.2 Å². The first-order valence-corrected chi connectivity index (χ1v) is 7.39. The van der Waals surface area contributed by atoms with Crippen LogP contribution in [0.4, 0.5) is 0 Å². The van der Waals surface area contributed by atoms with Gasteiger partial charge >= 0.3 is 0 Å². The standard InChI is InChI=1S/C15H28N2/c1-14(2)13(15(14,3)4)9-16-8-10-7-11-5-6-12(10)17-11/h10-13,16-17H,5-9H2,1-4H3. The minimum Gasteiger partial charge on any atom is -0.316 e. The van der Waals surface area contributed by atoms with E-state index in [2.05, 4.69) is 38.3 Å². The molecule has 2 nitrogen and oxygen atoms in total. The second kappa shape index (κ2) is 3.71. The number of fused-ring (bicyclic) bond motifs is 2. The lowest BCUT2D eigenvalue weighted by atomic mass is 9.89. The molecule has 0 radical (unpaired) electrons. The average molecular weight is 236 g/mol. The second-order valence-corrected chi connectivity index (χ2v) is 7.70. The predicted octanol–water partition coefficient (Wildman–Crippen LogP) is 2.40. The number of hydrogen-bond acceptors (Lipinski definition) is 2. The van der Waals surface area contributed by atoms with Crippen molar-refractivity contribution in [1.29, 1.82) is 0 Å². The van der Waals surface area contributed by atoms with E-state index in [0.717, 1.165) is 23.9 Å². The minimum atomic E-state index is 0.535. The Bertz CT molecular complexity index is 294. The Labute approximate surface area is 106 Å².